The summed E-state index contributed by atoms with van der Waals surface area (Å²) in [6, 6.07) is 4.00. The maximum atomic E-state index is 12.7. The van der Waals surface area contributed by atoms with Gasteiger partial charge in [-0.1, -0.05) is 6.42 Å². The van der Waals surface area contributed by atoms with Crippen LogP contribution in [-0.2, 0) is 11.3 Å². The van der Waals surface area contributed by atoms with E-state index >= 15 is 0 Å². The lowest BCUT2D eigenvalue weighted by molar-refractivity contribution is -0.127. The molecule has 0 atom stereocenters. The number of rotatable bonds is 6. The Kier molecular flexibility index (Phi) is 3.92. The zero-order valence-electron chi connectivity index (χ0n) is 13.5. The quantitative estimate of drug-likeness (QED) is 0.868. The molecule has 0 spiro atoms. The molecule has 0 bridgehead atoms. The van der Waals surface area contributed by atoms with E-state index in [1.54, 1.807) is 17.0 Å². The molecule has 2 aromatic rings. The van der Waals surface area contributed by atoms with Gasteiger partial charge in [-0.3, -0.25) is 14.3 Å². The first kappa shape index (κ1) is 15.1. The Bertz CT molecular complexity index is 787. The van der Waals surface area contributed by atoms with Crippen LogP contribution in [-0.4, -0.2) is 31.8 Å². The average Bonchev–Trinajstić information content (AvgIpc) is 3.32. The van der Waals surface area contributed by atoms with Crippen molar-refractivity contribution in [3.8, 4) is 11.4 Å². The fourth-order valence-corrected chi connectivity index (χ4v) is 3.02. The largest absolute Gasteiger partial charge is 0.354 e. The average molecular weight is 327 g/mol. The van der Waals surface area contributed by atoms with Crippen molar-refractivity contribution in [1.82, 2.24) is 24.6 Å². The Balaban J connectivity index is 1.51. The highest BCUT2D eigenvalue weighted by molar-refractivity contribution is 5.79. The van der Waals surface area contributed by atoms with Crippen LogP contribution in [0.15, 0.2) is 29.3 Å². The molecule has 7 heteroatoms. The Hall–Kier alpha value is -2.44. The first-order valence-corrected chi connectivity index (χ1v) is 8.61. The smallest absolute Gasteiger partial charge is 0.346 e. The molecule has 126 valence electrons. The molecular weight excluding hydrogens is 306 g/mol. The number of carbonyl (C=O) groups is 1. The molecular formula is C17H21N5O2. The van der Waals surface area contributed by atoms with Crippen molar-refractivity contribution < 1.29 is 4.79 Å². The Morgan fingerprint density at radius 2 is 2.12 bits per heavy atom. The third-order valence-electron chi connectivity index (χ3n) is 4.80. The molecule has 2 heterocycles. The summed E-state index contributed by atoms with van der Waals surface area (Å²) in [6.45, 7) is 0.827. The van der Waals surface area contributed by atoms with E-state index in [0.717, 1.165) is 37.7 Å². The summed E-state index contributed by atoms with van der Waals surface area (Å²) in [5.74, 6) is 0.932. The molecule has 0 aliphatic heterocycles. The normalized spacial score (nSPS) is 17.5. The summed E-state index contributed by atoms with van der Waals surface area (Å²) in [4.78, 5) is 28.7. The Morgan fingerprint density at radius 1 is 1.29 bits per heavy atom. The summed E-state index contributed by atoms with van der Waals surface area (Å²) in [5, 5.41) is 7.41. The van der Waals surface area contributed by atoms with Crippen molar-refractivity contribution in [2.75, 3.05) is 6.54 Å². The molecule has 0 unspecified atom stereocenters. The van der Waals surface area contributed by atoms with Gasteiger partial charge in [0.05, 0.1) is 6.54 Å². The second-order valence-electron chi connectivity index (χ2n) is 6.59. The topological polar surface area (TPSA) is 81.8 Å². The zero-order valence-corrected chi connectivity index (χ0v) is 13.5. The molecule has 7 nitrogen and oxygen atoms in total. The SMILES string of the molecule is O=C(NCCn1nc(-c2cccnc2)n(C2CC2)c1=O)C1CCC1. The molecule has 0 radical (unpaired) electrons. The fraction of sp³-hybridized carbons (Fsp3) is 0.529. The molecule has 0 saturated heterocycles. The summed E-state index contributed by atoms with van der Waals surface area (Å²) >= 11 is 0. The molecule has 1 N–H and O–H groups in total. The standard InChI is InChI=1S/C17H21N5O2/c23-16(12-3-1-4-12)19-9-10-21-17(24)22(14-6-7-14)15(20-21)13-5-2-8-18-11-13/h2,5,8,11-12,14H,1,3-4,6-7,9-10H2,(H,19,23). The van der Waals surface area contributed by atoms with Crippen molar-refractivity contribution in [3.05, 3.63) is 35.0 Å². The number of nitrogens with zero attached hydrogens (tertiary/aromatic N) is 4. The van der Waals surface area contributed by atoms with Crippen LogP contribution >= 0.6 is 0 Å². The van der Waals surface area contributed by atoms with Crippen LogP contribution in [0, 0.1) is 5.92 Å². The van der Waals surface area contributed by atoms with Gasteiger partial charge in [0.15, 0.2) is 5.82 Å². The molecule has 4 rings (SSSR count). The summed E-state index contributed by atoms with van der Waals surface area (Å²) in [7, 11) is 0. The molecule has 2 aliphatic carbocycles. The third-order valence-corrected chi connectivity index (χ3v) is 4.80. The van der Waals surface area contributed by atoms with Crippen LogP contribution in [0.25, 0.3) is 11.4 Å². The van der Waals surface area contributed by atoms with E-state index in [-0.39, 0.29) is 23.6 Å². The van der Waals surface area contributed by atoms with Crippen LogP contribution < -0.4 is 11.0 Å². The molecule has 24 heavy (non-hydrogen) atoms. The van der Waals surface area contributed by atoms with Crippen LogP contribution in [0.5, 0.6) is 0 Å². The third kappa shape index (κ3) is 2.86. The van der Waals surface area contributed by atoms with Gasteiger partial charge in [0.2, 0.25) is 5.91 Å². The summed E-state index contributed by atoms with van der Waals surface area (Å²) in [6.07, 6.45) is 8.55. The van der Waals surface area contributed by atoms with E-state index in [1.165, 1.54) is 4.68 Å². The lowest BCUT2D eigenvalue weighted by Gasteiger charge is -2.23. The van der Waals surface area contributed by atoms with E-state index in [0.29, 0.717) is 18.9 Å². The number of carbonyl (C=O) groups excluding carboxylic acids is 1. The van der Waals surface area contributed by atoms with E-state index < -0.39 is 0 Å². The van der Waals surface area contributed by atoms with Crippen LogP contribution in [0.2, 0.25) is 0 Å². The van der Waals surface area contributed by atoms with Gasteiger partial charge in [-0.15, -0.1) is 5.10 Å². The van der Waals surface area contributed by atoms with Crippen molar-refractivity contribution in [1.29, 1.82) is 0 Å². The van der Waals surface area contributed by atoms with E-state index in [2.05, 4.69) is 15.4 Å². The van der Waals surface area contributed by atoms with Crippen molar-refractivity contribution in [3.63, 3.8) is 0 Å². The van der Waals surface area contributed by atoms with Crippen LogP contribution in [0.4, 0.5) is 0 Å². The minimum absolute atomic E-state index is 0.100. The molecule has 2 aliphatic rings. The molecule has 2 saturated carbocycles. The molecule has 2 aromatic heterocycles. The van der Waals surface area contributed by atoms with Gasteiger partial charge in [0.25, 0.3) is 0 Å². The van der Waals surface area contributed by atoms with Gasteiger partial charge in [-0.25, -0.2) is 9.48 Å². The number of pyridine rings is 1. The van der Waals surface area contributed by atoms with Gasteiger partial charge in [0.1, 0.15) is 0 Å². The monoisotopic (exact) mass is 327 g/mol. The van der Waals surface area contributed by atoms with E-state index in [9.17, 15) is 9.59 Å². The van der Waals surface area contributed by atoms with Gasteiger partial charge >= 0.3 is 5.69 Å². The second-order valence-corrected chi connectivity index (χ2v) is 6.59. The highest BCUT2D eigenvalue weighted by Crippen LogP contribution is 2.36. The lowest BCUT2D eigenvalue weighted by Crippen LogP contribution is -2.37. The van der Waals surface area contributed by atoms with Gasteiger partial charge < -0.3 is 5.32 Å². The van der Waals surface area contributed by atoms with E-state index in [1.807, 2.05) is 12.1 Å². The van der Waals surface area contributed by atoms with E-state index in [4.69, 9.17) is 0 Å². The minimum atomic E-state index is -0.103. The number of hydrogen-bond donors (Lipinski definition) is 1. The first-order chi connectivity index (χ1) is 11.7. The maximum Gasteiger partial charge on any atom is 0.346 e. The van der Waals surface area contributed by atoms with Gasteiger partial charge in [-0.2, -0.15) is 0 Å². The first-order valence-electron chi connectivity index (χ1n) is 8.61. The molecule has 1 amide bonds. The van der Waals surface area contributed by atoms with Crippen LogP contribution in [0.3, 0.4) is 0 Å². The predicted octanol–water partition coefficient (Wildman–Crippen LogP) is 1.36. The Labute approximate surface area is 139 Å². The maximum absolute atomic E-state index is 12.7. The number of hydrogen-bond acceptors (Lipinski definition) is 4. The van der Waals surface area contributed by atoms with Crippen LogP contribution in [0.1, 0.15) is 38.1 Å². The summed E-state index contributed by atoms with van der Waals surface area (Å²) < 4.78 is 3.23. The number of aromatic nitrogens is 4. The molecule has 0 aromatic carbocycles. The highest BCUT2D eigenvalue weighted by Gasteiger charge is 2.30. The minimum Gasteiger partial charge on any atom is -0.354 e. The van der Waals surface area contributed by atoms with Crippen molar-refractivity contribution >= 4 is 5.91 Å². The van der Waals surface area contributed by atoms with Crippen molar-refractivity contribution in [2.24, 2.45) is 5.92 Å². The number of amides is 1. The van der Waals surface area contributed by atoms with Gasteiger partial charge in [-0.05, 0) is 37.8 Å². The highest BCUT2D eigenvalue weighted by atomic mass is 16.2. The summed E-state index contributed by atoms with van der Waals surface area (Å²) in [5.41, 5.74) is 0.744. The van der Waals surface area contributed by atoms with Gasteiger partial charge in [0, 0.05) is 36.5 Å². The Morgan fingerprint density at radius 3 is 2.75 bits per heavy atom. The fourth-order valence-electron chi connectivity index (χ4n) is 3.02. The lowest BCUT2D eigenvalue weighted by atomic mass is 9.85. The van der Waals surface area contributed by atoms with Crippen molar-refractivity contribution in [2.45, 2.75) is 44.7 Å². The molecule has 2 fully saturated rings. The predicted molar refractivity (Wildman–Crippen MR) is 88.3 cm³/mol. The zero-order chi connectivity index (χ0) is 16.5. The number of nitrogens with one attached hydrogen (secondary N) is 1. The second kappa shape index (κ2) is 6.22.